The zero-order chi connectivity index (χ0) is 13.0. The third-order valence-electron chi connectivity index (χ3n) is 3.71. The molecule has 0 amide bonds. The number of thiol groups is 2. The van der Waals surface area contributed by atoms with E-state index >= 15 is 0 Å². The molecule has 4 nitrogen and oxygen atoms in total. The van der Waals surface area contributed by atoms with Crippen molar-refractivity contribution >= 4 is 31.2 Å². The van der Waals surface area contributed by atoms with Crippen molar-refractivity contribution in [2.75, 3.05) is 31.9 Å². The second kappa shape index (κ2) is 7.03. The number of hydrogen-bond donors (Lipinski definition) is 3. The number of hydrogen-bond acceptors (Lipinski definition) is 6. The van der Waals surface area contributed by atoms with Gasteiger partial charge in [-0.25, -0.2) is 0 Å². The second-order valence-electron chi connectivity index (χ2n) is 5.16. The Morgan fingerprint density at radius 3 is 3.00 bits per heavy atom. The summed E-state index contributed by atoms with van der Waals surface area (Å²) in [4.78, 5) is 17.6. The number of nitrogens with zero attached hydrogens (tertiary/aromatic N) is 1. The van der Waals surface area contributed by atoms with Crippen LogP contribution in [0.15, 0.2) is 0 Å². The van der Waals surface area contributed by atoms with E-state index in [-0.39, 0.29) is 17.1 Å². The van der Waals surface area contributed by atoms with E-state index in [9.17, 15) is 4.79 Å². The summed E-state index contributed by atoms with van der Waals surface area (Å²) in [6.07, 6.45) is 3.08. The van der Waals surface area contributed by atoms with Gasteiger partial charge in [-0.2, -0.15) is 25.3 Å². The first-order chi connectivity index (χ1) is 8.70. The molecule has 2 aliphatic rings. The van der Waals surface area contributed by atoms with Gasteiger partial charge in [-0.15, -0.1) is 5.06 Å². The van der Waals surface area contributed by atoms with Gasteiger partial charge in [0.15, 0.2) is 0 Å². The van der Waals surface area contributed by atoms with E-state index in [1.54, 1.807) is 0 Å². The maximum atomic E-state index is 12.1. The van der Waals surface area contributed by atoms with E-state index in [1.807, 2.05) is 5.06 Å². The van der Waals surface area contributed by atoms with Gasteiger partial charge in [0.05, 0.1) is 5.92 Å². The van der Waals surface area contributed by atoms with Crippen LogP contribution >= 0.6 is 25.3 Å². The highest BCUT2D eigenvalue weighted by Crippen LogP contribution is 2.22. The van der Waals surface area contributed by atoms with E-state index < -0.39 is 0 Å². The molecule has 18 heavy (non-hydrogen) atoms. The first-order valence-electron chi connectivity index (χ1n) is 6.67. The number of hydroxylamine groups is 2. The molecule has 104 valence electrons. The van der Waals surface area contributed by atoms with Crippen LogP contribution in [0.25, 0.3) is 0 Å². The van der Waals surface area contributed by atoms with E-state index in [0.29, 0.717) is 5.92 Å². The second-order valence-corrected chi connectivity index (χ2v) is 6.18. The van der Waals surface area contributed by atoms with Gasteiger partial charge in [-0.3, -0.25) is 4.79 Å². The fourth-order valence-corrected chi connectivity index (χ4v) is 3.27. The lowest BCUT2D eigenvalue weighted by molar-refractivity contribution is -0.203. The van der Waals surface area contributed by atoms with Crippen LogP contribution in [-0.2, 0) is 9.63 Å². The highest BCUT2D eigenvalue weighted by atomic mass is 32.1. The zero-order valence-electron chi connectivity index (χ0n) is 10.5. The summed E-state index contributed by atoms with van der Waals surface area (Å²) in [5.41, 5.74) is 0. The summed E-state index contributed by atoms with van der Waals surface area (Å²) in [6, 6.07) is 0. The molecule has 1 N–H and O–H groups in total. The largest absolute Gasteiger partial charge is 0.368 e. The molecular formula is C12H22N2O2S2. The minimum atomic E-state index is -0.115. The van der Waals surface area contributed by atoms with Crippen molar-refractivity contribution in [3.63, 3.8) is 0 Å². The van der Waals surface area contributed by atoms with Gasteiger partial charge in [0, 0.05) is 24.9 Å². The quantitative estimate of drug-likeness (QED) is 0.678. The van der Waals surface area contributed by atoms with Gasteiger partial charge in [0.25, 0.3) is 0 Å². The molecule has 0 saturated carbocycles. The molecule has 0 bridgehead atoms. The van der Waals surface area contributed by atoms with Gasteiger partial charge >= 0.3 is 5.97 Å². The fraction of sp³-hybridized carbons (Fsp3) is 0.917. The summed E-state index contributed by atoms with van der Waals surface area (Å²) in [7, 11) is 0. The van der Waals surface area contributed by atoms with Crippen LogP contribution in [0.4, 0.5) is 0 Å². The molecule has 0 aromatic rings. The lowest BCUT2D eigenvalue weighted by Gasteiger charge is -2.33. The Hall–Kier alpha value is 0.0900. The smallest absolute Gasteiger partial charge is 0.329 e. The van der Waals surface area contributed by atoms with E-state index in [0.717, 1.165) is 44.8 Å². The number of carbonyl (C=O) groups is 1. The molecule has 2 rings (SSSR count). The summed E-state index contributed by atoms with van der Waals surface area (Å²) in [5, 5.41) is 5.11. The summed E-state index contributed by atoms with van der Waals surface area (Å²) >= 11 is 8.78. The zero-order valence-corrected chi connectivity index (χ0v) is 12.3. The molecule has 6 heteroatoms. The number of nitrogens with one attached hydrogen (secondary N) is 1. The van der Waals surface area contributed by atoms with Crippen LogP contribution in [0.3, 0.4) is 0 Å². The van der Waals surface area contributed by atoms with Crippen LogP contribution in [0, 0.1) is 11.8 Å². The first kappa shape index (κ1) is 14.5. The predicted molar refractivity (Wildman–Crippen MR) is 78.0 cm³/mol. The molecule has 0 aliphatic carbocycles. The molecule has 0 spiro atoms. The maximum absolute atomic E-state index is 12.1. The van der Waals surface area contributed by atoms with Crippen LogP contribution in [0.1, 0.15) is 19.3 Å². The highest BCUT2D eigenvalue weighted by Gasteiger charge is 2.32. The number of rotatable bonds is 3. The van der Waals surface area contributed by atoms with Gasteiger partial charge in [-0.1, -0.05) is 0 Å². The van der Waals surface area contributed by atoms with Crippen LogP contribution in [-0.4, -0.2) is 48.2 Å². The van der Waals surface area contributed by atoms with Crippen molar-refractivity contribution in [3.05, 3.63) is 0 Å². The van der Waals surface area contributed by atoms with E-state index in [1.165, 1.54) is 6.42 Å². The summed E-state index contributed by atoms with van der Waals surface area (Å²) in [5.74, 6) is 1.20. The molecule has 3 atom stereocenters. The van der Waals surface area contributed by atoms with Crippen LogP contribution in [0.2, 0.25) is 0 Å². The number of piperidine rings is 2. The minimum absolute atomic E-state index is 0.0664. The fourth-order valence-electron chi connectivity index (χ4n) is 2.57. The maximum Gasteiger partial charge on any atom is 0.329 e. The molecule has 0 aromatic heterocycles. The van der Waals surface area contributed by atoms with Crippen molar-refractivity contribution in [2.24, 2.45) is 11.8 Å². The lowest BCUT2D eigenvalue weighted by atomic mass is 9.98. The average Bonchev–Trinajstić information content (AvgIpc) is 2.39. The number of carbonyl (C=O) groups excluding carboxylic acids is 1. The Kier molecular flexibility index (Phi) is 5.66. The van der Waals surface area contributed by atoms with Gasteiger partial charge < -0.3 is 10.2 Å². The standard InChI is InChI=1S/C12H22N2O2S2/c15-12(10-3-4-13-6-11(10)18)16-14-5-1-2-9(7-14)8-17/h9-11,13,17-18H,1-8H2/t9-,10?,11?/m1/s1. The van der Waals surface area contributed by atoms with Crippen LogP contribution < -0.4 is 5.32 Å². The minimum Gasteiger partial charge on any atom is -0.368 e. The van der Waals surface area contributed by atoms with Crippen molar-refractivity contribution in [3.8, 4) is 0 Å². The molecule has 0 radical (unpaired) electrons. The Labute approximate surface area is 120 Å². The van der Waals surface area contributed by atoms with Crippen LogP contribution in [0.5, 0.6) is 0 Å². The Bertz CT molecular complexity index is 291. The molecule has 2 unspecified atom stereocenters. The van der Waals surface area contributed by atoms with Crippen molar-refractivity contribution in [2.45, 2.75) is 24.5 Å². The average molecular weight is 290 g/mol. The third-order valence-corrected chi connectivity index (χ3v) is 4.77. The van der Waals surface area contributed by atoms with Crippen molar-refractivity contribution < 1.29 is 9.63 Å². The van der Waals surface area contributed by atoms with E-state index in [2.05, 4.69) is 30.6 Å². The Balaban J connectivity index is 1.82. The Morgan fingerprint density at radius 2 is 2.28 bits per heavy atom. The predicted octanol–water partition coefficient (Wildman–Crippen LogP) is 0.994. The van der Waals surface area contributed by atoms with E-state index in [4.69, 9.17) is 4.84 Å². The van der Waals surface area contributed by atoms with Gasteiger partial charge in [0.2, 0.25) is 0 Å². The van der Waals surface area contributed by atoms with Gasteiger partial charge in [-0.05, 0) is 37.5 Å². The van der Waals surface area contributed by atoms with Crippen molar-refractivity contribution in [1.29, 1.82) is 0 Å². The Morgan fingerprint density at radius 1 is 1.44 bits per heavy atom. The first-order valence-corrected chi connectivity index (χ1v) is 7.82. The SMILES string of the molecule is O=C(ON1CCC[C@@H](CS)C1)C1CCNCC1S. The molecule has 2 aliphatic heterocycles. The molecule has 2 heterocycles. The molecule has 0 aromatic carbocycles. The topological polar surface area (TPSA) is 41.6 Å². The summed E-state index contributed by atoms with van der Waals surface area (Å²) in [6.45, 7) is 3.31. The van der Waals surface area contributed by atoms with Crippen molar-refractivity contribution in [1.82, 2.24) is 10.4 Å². The van der Waals surface area contributed by atoms with Gasteiger partial charge in [0.1, 0.15) is 0 Å². The monoisotopic (exact) mass is 290 g/mol. The normalized spacial score (nSPS) is 34.2. The third kappa shape index (κ3) is 3.79. The summed E-state index contributed by atoms with van der Waals surface area (Å²) < 4.78 is 0. The lowest BCUT2D eigenvalue weighted by Crippen LogP contribution is -2.45. The molecular weight excluding hydrogens is 268 g/mol. The molecule has 2 fully saturated rings. The highest BCUT2D eigenvalue weighted by molar-refractivity contribution is 7.81. The molecule has 2 saturated heterocycles.